The van der Waals surface area contributed by atoms with E-state index in [0.717, 1.165) is 0 Å². The molecule has 0 spiro atoms. The number of rotatable bonds is 4. The number of amides is 1. The number of carboxylic acid groups (broad SMARTS) is 1. The number of benzene rings is 1. The summed E-state index contributed by atoms with van der Waals surface area (Å²) in [7, 11) is 1.92. The van der Waals surface area contributed by atoms with Crippen LogP contribution in [0.5, 0.6) is 0 Å². The number of carbonyl (C=O) groups excluding carboxylic acids is 1. The third-order valence-corrected chi connectivity index (χ3v) is 4.71. The Balaban J connectivity index is 2.11. The molecule has 1 amide bonds. The predicted octanol–water partition coefficient (Wildman–Crippen LogP) is 2.29. The Morgan fingerprint density at radius 1 is 1.27 bits per heavy atom. The number of nitrogens with zero attached hydrogens (tertiary/aromatic N) is 1. The maximum atomic E-state index is 12.3. The molecule has 1 aromatic rings. The lowest BCUT2D eigenvalue weighted by molar-refractivity contribution is -0.149. The van der Waals surface area contributed by atoms with Crippen LogP contribution in [0, 0.1) is 0 Å². The van der Waals surface area contributed by atoms with Crippen LogP contribution in [0.15, 0.2) is 24.3 Å². The number of hydrogen-bond donors (Lipinski definition) is 2. The van der Waals surface area contributed by atoms with E-state index in [1.165, 1.54) is 0 Å². The molecular weight excluding hydrogens is 327 g/mol. The third kappa shape index (κ3) is 3.72. The summed E-state index contributed by atoms with van der Waals surface area (Å²) in [4.78, 5) is 26.0. The van der Waals surface area contributed by atoms with E-state index >= 15 is 0 Å². The first kappa shape index (κ1) is 17.1. The van der Waals surface area contributed by atoms with Crippen LogP contribution in [-0.2, 0) is 9.59 Å². The average Bonchev–Trinajstić information content (AvgIpc) is 2.49. The van der Waals surface area contributed by atoms with Crippen molar-refractivity contribution in [2.45, 2.75) is 23.8 Å². The van der Waals surface area contributed by atoms with E-state index in [2.05, 4.69) is 5.32 Å². The molecule has 0 aromatic heterocycles. The van der Waals surface area contributed by atoms with Crippen molar-refractivity contribution >= 4 is 35.1 Å². The smallest absolute Gasteiger partial charge is 0.329 e. The lowest BCUT2D eigenvalue weighted by Gasteiger charge is -2.38. The molecule has 7 heteroatoms. The molecule has 1 heterocycles. The van der Waals surface area contributed by atoms with Gasteiger partial charge >= 0.3 is 5.97 Å². The van der Waals surface area contributed by atoms with Gasteiger partial charge in [0.25, 0.3) is 0 Å². The summed E-state index contributed by atoms with van der Waals surface area (Å²) in [6.45, 7) is 1.22. The van der Waals surface area contributed by atoms with Crippen molar-refractivity contribution in [1.29, 1.82) is 0 Å². The van der Waals surface area contributed by atoms with Crippen LogP contribution >= 0.6 is 23.2 Å². The summed E-state index contributed by atoms with van der Waals surface area (Å²) in [6.07, 6.45) is 0.712. The van der Waals surface area contributed by atoms with Crippen molar-refractivity contribution in [3.63, 3.8) is 0 Å². The molecule has 2 rings (SSSR count). The van der Waals surface area contributed by atoms with Crippen molar-refractivity contribution < 1.29 is 14.7 Å². The summed E-state index contributed by atoms with van der Waals surface area (Å²) in [6, 6.07) is 6.59. The number of piperidine rings is 1. The summed E-state index contributed by atoms with van der Waals surface area (Å²) >= 11 is 12.0. The van der Waals surface area contributed by atoms with E-state index in [9.17, 15) is 14.7 Å². The lowest BCUT2D eigenvalue weighted by Crippen LogP contribution is -2.60. The Morgan fingerprint density at radius 2 is 1.82 bits per heavy atom. The fourth-order valence-corrected chi connectivity index (χ4v) is 2.80. The molecule has 0 bridgehead atoms. The number of halogens is 2. The molecule has 0 aliphatic carbocycles. The van der Waals surface area contributed by atoms with Gasteiger partial charge in [0.2, 0.25) is 5.91 Å². The van der Waals surface area contributed by atoms with Gasteiger partial charge in [0.05, 0.1) is 0 Å². The Hall–Kier alpha value is -1.30. The monoisotopic (exact) mass is 344 g/mol. The van der Waals surface area contributed by atoms with E-state index in [1.54, 1.807) is 24.3 Å². The van der Waals surface area contributed by atoms with Crippen molar-refractivity contribution in [3.8, 4) is 0 Å². The molecule has 22 heavy (non-hydrogen) atoms. The summed E-state index contributed by atoms with van der Waals surface area (Å²) in [5.74, 6) is -1.52. The maximum Gasteiger partial charge on any atom is 0.329 e. The summed E-state index contributed by atoms with van der Waals surface area (Å²) in [5.41, 5.74) is -0.666. The molecule has 5 nitrogen and oxygen atoms in total. The SMILES string of the molecule is CN1CCC(NC(=O)C(Cl)c2ccc(Cl)cc2)(C(=O)O)CC1. The van der Waals surface area contributed by atoms with E-state index in [4.69, 9.17) is 23.2 Å². The van der Waals surface area contributed by atoms with Crippen LogP contribution < -0.4 is 5.32 Å². The number of likely N-dealkylation sites (tertiary alicyclic amines) is 1. The van der Waals surface area contributed by atoms with Gasteiger partial charge in [-0.25, -0.2) is 4.79 Å². The standard InChI is InChI=1S/C15H18Cl2N2O3/c1-19-8-6-15(7-9-19,14(21)22)18-13(20)12(17)10-2-4-11(16)5-3-10/h2-5,12H,6-9H2,1H3,(H,18,20)(H,21,22). The zero-order valence-corrected chi connectivity index (χ0v) is 13.7. The van der Waals surface area contributed by atoms with Crippen LogP contribution in [0.2, 0.25) is 5.02 Å². The van der Waals surface area contributed by atoms with Crippen LogP contribution in [0.1, 0.15) is 23.8 Å². The minimum Gasteiger partial charge on any atom is -0.480 e. The number of hydrogen-bond acceptors (Lipinski definition) is 3. The van der Waals surface area contributed by atoms with Gasteiger partial charge < -0.3 is 15.3 Å². The third-order valence-electron chi connectivity index (χ3n) is 4.01. The van der Waals surface area contributed by atoms with Gasteiger partial charge in [-0.05, 0) is 37.6 Å². The molecule has 2 N–H and O–H groups in total. The van der Waals surface area contributed by atoms with Crippen LogP contribution in [0.3, 0.4) is 0 Å². The first-order valence-electron chi connectivity index (χ1n) is 6.97. The Morgan fingerprint density at radius 3 is 2.32 bits per heavy atom. The molecule has 1 fully saturated rings. The first-order chi connectivity index (χ1) is 10.3. The molecule has 120 valence electrons. The minimum absolute atomic E-state index is 0.356. The predicted molar refractivity (Wildman–Crippen MR) is 85.3 cm³/mol. The highest BCUT2D eigenvalue weighted by Gasteiger charge is 2.43. The maximum absolute atomic E-state index is 12.3. The number of alkyl halides is 1. The first-order valence-corrected chi connectivity index (χ1v) is 7.79. The van der Waals surface area contributed by atoms with Crippen molar-refractivity contribution in [2.24, 2.45) is 0 Å². The number of carboxylic acids is 1. The second kappa shape index (κ2) is 6.86. The Labute approximate surface area is 139 Å². The van der Waals surface area contributed by atoms with Crippen molar-refractivity contribution in [1.82, 2.24) is 10.2 Å². The average molecular weight is 345 g/mol. The molecule has 1 atom stereocenters. The van der Waals surface area contributed by atoms with E-state index in [1.807, 2.05) is 11.9 Å². The lowest BCUT2D eigenvalue weighted by atomic mass is 9.87. The second-order valence-corrected chi connectivity index (χ2v) is 6.47. The van der Waals surface area contributed by atoms with E-state index in [0.29, 0.717) is 36.5 Å². The molecule has 1 unspecified atom stereocenters. The van der Waals surface area contributed by atoms with Gasteiger partial charge in [0.15, 0.2) is 0 Å². The largest absolute Gasteiger partial charge is 0.480 e. The highest BCUT2D eigenvalue weighted by molar-refractivity contribution is 6.32. The normalized spacial score (nSPS) is 19.4. The summed E-state index contributed by atoms with van der Waals surface area (Å²) in [5, 5.41) is 11.7. The van der Waals surface area contributed by atoms with Gasteiger partial charge in [-0.3, -0.25) is 4.79 Å². The van der Waals surface area contributed by atoms with Crippen molar-refractivity contribution in [2.75, 3.05) is 20.1 Å². The van der Waals surface area contributed by atoms with Crippen LogP contribution in [0.4, 0.5) is 0 Å². The number of nitrogens with one attached hydrogen (secondary N) is 1. The quantitative estimate of drug-likeness (QED) is 0.822. The second-order valence-electron chi connectivity index (χ2n) is 5.59. The minimum atomic E-state index is -1.25. The van der Waals surface area contributed by atoms with Gasteiger partial charge in [0, 0.05) is 18.1 Å². The van der Waals surface area contributed by atoms with Gasteiger partial charge in [0.1, 0.15) is 10.9 Å². The molecule has 1 aliphatic heterocycles. The Kier molecular flexibility index (Phi) is 5.32. The van der Waals surface area contributed by atoms with Crippen molar-refractivity contribution in [3.05, 3.63) is 34.9 Å². The summed E-state index contributed by atoms with van der Waals surface area (Å²) < 4.78 is 0. The zero-order chi connectivity index (χ0) is 16.3. The zero-order valence-electron chi connectivity index (χ0n) is 12.2. The molecular formula is C15H18Cl2N2O3. The van der Waals surface area contributed by atoms with Crippen LogP contribution in [0.25, 0.3) is 0 Å². The number of carbonyl (C=O) groups is 2. The highest BCUT2D eigenvalue weighted by Crippen LogP contribution is 2.27. The highest BCUT2D eigenvalue weighted by atomic mass is 35.5. The fourth-order valence-electron chi connectivity index (χ4n) is 2.47. The van der Waals surface area contributed by atoms with Gasteiger partial charge in [-0.15, -0.1) is 11.6 Å². The molecule has 1 aliphatic rings. The molecule has 0 radical (unpaired) electrons. The Bertz CT molecular complexity index is 554. The topological polar surface area (TPSA) is 69.6 Å². The van der Waals surface area contributed by atoms with E-state index < -0.39 is 22.8 Å². The number of aliphatic carboxylic acids is 1. The fraction of sp³-hybridized carbons (Fsp3) is 0.467. The van der Waals surface area contributed by atoms with Crippen LogP contribution in [-0.4, -0.2) is 47.6 Å². The van der Waals surface area contributed by atoms with Gasteiger partial charge in [-0.2, -0.15) is 0 Å². The molecule has 1 aromatic carbocycles. The molecule has 0 saturated carbocycles. The molecule has 1 saturated heterocycles. The van der Waals surface area contributed by atoms with Gasteiger partial charge in [-0.1, -0.05) is 23.7 Å². The van der Waals surface area contributed by atoms with E-state index in [-0.39, 0.29) is 0 Å².